The molecular formula is C11H20N2O9S2. The van der Waals surface area contributed by atoms with Gasteiger partial charge in [-0.05, 0) is 24.8 Å². The molecule has 0 radical (unpaired) electrons. The van der Waals surface area contributed by atoms with Gasteiger partial charge in [0.1, 0.15) is 0 Å². The van der Waals surface area contributed by atoms with E-state index < -0.39 is 30.7 Å². The van der Waals surface area contributed by atoms with Crippen molar-refractivity contribution in [3.8, 4) is 0 Å². The van der Waals surface area contributed by atoms with Crippen molar-refractivity contribution in [2.75, 3.05) is 0 Å². The number of carbonyl (C=O) groups excluding carboxylic acids is 3. The van der Waals surface area contributed by atoms with E-state index >= 15 is 0 Å². The van der Waals surface area contributed by atoms with Crippen molar-refractivity contribution in [1.82, 2.24) is 0 Å². The Morgan fingerprint density at radius 1 is 1.00 bits per heavy atom. The number of primary amides is 2. The van der Waals surface area contributed by atoms with Crippen molar-refractivity contribution >= 4 is 36.5 Å². The van der Waals surface area contributed by atoms with E-state index in [1.165, 1.54) is 5.57 Å². The lowest BCUT2D eigenvalue weighted by molar-refractivity contribution is -0.117. The Balaban J connectivity index is 0. The molecule has 0 aromatic carbocycles. The van der Waals surface area contributed by atoms with Gasteiger partial charge in [0.2, 0.25) is 0 Å². The lowest BCUT2D eigenvalue weighted by Gasteiger charge is -2.27. The third-order valence-corrected chi connectivity index (χ3v) is 3.34. The molecule has 2 amide bonds. The minimum absolute atomic E-state index is 0.204. The fourth-order valence-electron chi connectivity index (χ4n) is 1.67. The number of amides is 2. The molecule has 24 heavy (non-hydrogen) atoms. The zero-order valence-electron chi connectivity index (χ0n) is 13.2. The molecule has 0 fully saturated rings. The number of carbonyl (C=O) groups is 3. The largest absolute Gasteiger partial charge is 0.361 e. The lowest BCUT2D eigenvalue weighted by Crippen LogP contribution is -2.20. The molecule has 0 aromatic rings. The number of hydrogen-bond donors (Lipinski definition) is 4. The fraction of sp³-hybridized carbons (Fsp3) is 0.545. The van der Waals surface area contributed by atoms with Crippen LogP contribution in [0.4, 0.5) is 9.59 Å². The van der Waals surface area contributed by atoms with Crippen LogP contribution in [0.1, 0.15) is 33.6 Å². The van der Waals surface area contributed by atoms with Gasteiger partial charge in [-0.3, -0.25) is 23.5 Å². The summed E-state index contributed by atoms with van der Waals surface area (Å²) in [6.07, 6.45) is 3.55. The molecule has 0 aromatic heterocycles. The molecule has 1 aliphatic rings. The Hall–Kier alpha value is -1.83. The quantitative estimate of drug-likeness (QED) is 0.417. The van der Waals surface area contributed by atoms with Gasteiger partial charge >= 0.3 is 30.7 Å². The molecule has 6 N–H and O–H groups in total. The van der Waals surface area contributed by atoms with Crippen LogP contribution in [0.2, 0.25) is 0 Å². The minimum Gasteiger partial charge on any atom is -0.354 e. The zero-order valence-corrected chi connectivity index (χ0v) is 14.8. The lowest BCUT2D eigenvalue weighted by atomic mass is 9.77. The van der Waals surface area contributed by atoms with Gasteiger partial charge < -0.3 is 11.5 Å². The van der Waals surface area contributed by atoms with Crippen molar-refractivity contribution < 1.29 is 40.3 Å². The highest BCUT2D eigenvalue weighted by molar-refractivity contribution is 8.01. The summed E-state index contributed by atoms with van der Waals surface area (Å²) >= 11 is 0. The minimum atomic E-state index is -4.60. The first-order valence-corrected chi connectivity index (χ1v) is 9.00. The fourth-order valence-corrected chi connectivity index (χ4v) is 1.67. The Morgan fingerprint density at radius 2 is 1.29 bits per heavy atom. The number of ketones is 1. The Bertz CT molecular complexity index is 691. The molecule has 0 bridgehead atoms. The van der Waals surface area contributed by atoms with E-state index in [1.54, 1.807) is 6.08 Å². The molecule has 1 aliphatic carbocycles. The smallest absolute Gasteiger partial charge is 0.354 e. The second kappa shape index (κ2) is 8.86. The van der Waals surface area contributed by atoms with Gasteiger partial charge in [0.05, 0.1) is 0 Å². The zero-order chi connectivity index (χ0) is 19.9. The van der Waals surface area contributed by atoms with E-state index in [4.69, 9.17) is 9.11 Å². The number of allylic oxidation sites excluding steroid dienone is 2. The van der Waals surface area contributed by atoms with E-state index in [-0.39, 0.29) is 11.2 Å². The molecule has 0 aliphatic heterocycles. The van der Waals surface area contributed by atoms with Crippen molar-refractivity contribution in [3.63, 3.8) is 0 Å². The first kappa shape index (κ1) is 24.4. The number of rotatable bonds is 0. The van der Waals surface area contributed by atoms with Gasteiger partial charge in [0.15, 0.2) is 5.78 Å². The molecule has 0 saturated heterocycles. The van der Waals surface area contributed by atoms with Crippen molar-refractivity contribution in [1.29, 1.82) is 0 Å². The van der Waals surface area contributed by atoms with Crippen LogP contribution in [0.5, 0.6) is 0 Å². The number of hydrogen-bond acceptors (Lipinski definition) is 7. The van der Waals surface area contributed by atoms with Gasteiger partial charge in [-0.25, -0.2) is 0 Å². The topological polar surface area (TPSA) is 212 Å². The van der Waals surface area contributed by atoms with Crippen LogP contribution in [0.15, 0.2) is 11.6 Å². The molecule has 1 rings (SSSR count). The highest BCUT2D eigenvalue weighted by Crippen LogP contribution is 2.32. The molecule has 0 heterocycles. The van der Waals surface area contributed by atoms with E-state index in [9.17, 15) is 31.2 Å². The predicted molar refractivity (Wildman–Crippen MR) is 84.0 cm³/mol. The monoisotopic (exact) mass is 388 g/mol. The second-order valence-corrected chi connectivity index (χ2v) is 8.27. The maximum Gasteiger partial charge on any atom is 0.361 e. The Kier molecular flexibility index (Phi) is 9.02. The van der Waals surface area contributed by atoms with Gasteiger partial charge in [0, 0.05) is 6.42 Å². The van der Waals surface area contributed by atoms with Crippen LogP contribution >= 0.6 is 0 Å². The number of nitrogens with two attached hydrogens (primary N) is 2. The summed E-state index contributed by atoms with van der Waals surface area (Å²) in [7, 11) is -9.20. The van der Waals surface area contributed by atoms with E-state index in [0.29, 0.717) is 6.42 Å². The third kappa shape index (κ3) is 12.7. The van der Waals surface area contributed by atoms with Gasteiger partial charge in [0.25, 0.3) is 0 Å². The summed E-state index contributed by atoms with van der Waals surface area (Å²) in [6.45, 7) is 6.31. The molecule has 13 heteroatoms. The van der Waals surface area contributed by atoms with E-state index in [0.717, 1.165) is 6.42 Å². The highest BCUT2D eigenvalue weighted by Gasteiger charge is 2.25. The van der Waals surface area contributed by atoms with Crippen LogP contribution in [0.25, 0.3) is 0 Å². The maximum atomic E-state index is 11.0. The first-order chi connectivity index (χ1) is 10.4. The molecule has 0 unspecified atom stereocenters. The summed E-state index contributed by atoms with van der Waals surface area (Å²) in [5.74, 6) is 0.286. The standard InChI is InChI=1S/C9H14O.2CH3NO4S/c1-7-4-8(10)6-9(2,3)5-7;2*2-1(3)7(4,5)6/h4H,5-6H2,1-3H3;2*(H2,2,3)(H,4,5,6). The van der Waals surface area contributed by atoms with Crippen molar-refractivity contribution in [2.24, 2.45) is 16.9 Å². The normalized spacial score (nSPS) is 16.5. The van der Waals surface area contributed by atoms with Crippen LogP contribution < -0.4 is 11.5 Å². The Labute approximate surface area is 139 Å². The molecule has 0 saturated carbocycles. The summed E-state index contributed by atoms with van der Waals surface area (Å²) < 4.78 is 52.8. The first-order valence-electron chi connectivity index (χ1n) is 6.12. The summed E-state index contributed by atoms with van der Waals surface area (Å²) in [5.41, 5.74) is 9.61. The van der Waals surface area contributed by atoms with E-state index in [1.807, 2.05) is 6.92 Å². The molecular weight excluding hydrogens is 368 g/mol. The average molecular weight is 388 g/mol. The van der Waals surface area contributed by atoms with Gasteiger partial charge in [-0.2, -0.15) is 16.8 Å². The summed E-state index contributed by atoms with van der Waals surface area (Å²) in [5, 5.41) is -3.46. The second-order valence-electron chi connectivity index (χ2n) is 5.56. The average Bonchev–Trinajstić information content (AvgIpc) is 2.23. The maximum absolute atomic E-state index is 11.0. The van der Waals surface area contributed by atoms with Crippen LogP contribution in [0.3, 0.4) is 0 Å². The van der Waals surface area contributed by atoms with Crippen molar-refractivity contribution in [2.45, 2.75) is 33.6 Å². The molecule has 0 spiro atoms. The third-order valence-electron chi connectivity index (χ3n) is 2.33. The van der Waals surface area contributed by atoms with Crippen molar-refractivity contribution in [3.05, 3.63) is 11.6 Å². The van der Waals surface area contributed by atoms with Crippen LogP contribution in [0, 0.1) is 5.41 Å². The summed E-state index contributed by atoms with van der Waals surface area (Å²) in [6, 6.07) is 0. The van der Waals surface area contributed by atoms with E-state index in [2.05, 4.69) is 25.3 Å². The Morgan fingerprint density at radius 3 is 1.46 bits per heavy atom. The molecule has 140 valence electrons. The van der Waals surface area contributed by atoms with Crippen LogP contribution in [-0.4, -0.2) is 42.2 Å². The van der Waals surface area contributed by atoms with Gasteiger partial charge in [-0.15, -0.1) is 0 Å². The molecule has 0 atom stereocenters. The van der Waals surface area contributed by atoms with Gasteiger partial charge in [-0.1, -0.05) is 19.4 Å². The van der Waals surface area contributed by atoms with Crippen LogP contribution in [-0.2, 0) is 25.0 Å². The SMILES string of the molecule is CC1=CC(=O)CC(C)(C)C1.NC(=O)S(=O)(=O)O.NC(=O)S(=O)(=O)O. The predicted octanol–water partition coefficient (Wildman–Crippen LogP) is 0.228. The molecule has 11 nitrogen and oxygen atoms in total. The summed E-state index contributed by atoms with van der Waals surface area (Å²) in [4.78, 5) is 29.8. The highest BCUT2D eigenvalue weighted by atomic mass is 32.2.